The molecule has 1 saturated heterocycles. The molecule has 1 aliphatic heterocycles. The van der Waals surface area contributed by atoms with Gasteiger partial charge in [-0.25, -0.2) is 18.7 Å². The van der Waals surface area contributed by atoms with Crippen LogP contribution in [-0.4, -0.2) is 51.9 Å². The van der Waals surface area contributed by atoms with Gasteiger partial charge in [0.25, 0.3) is 6.43 Å². The summed E-state index contributed by atoms with van der Waals surface area (Å²) in [6.45, 7) is 2.55. The van der Waals surface area contributed by atoms with Crippen LogP contribution in [0.15, 0.2) is 30.3 Å². The standard InChI is InChI=1S/C25H32F2N6O/c26-23(27)24-30-20-9-1-2-10-21(20)33(24)22-16-19(8-4-6-17-5-3-7-18(28)15-17)29-25(31-22)32-11-13-34-14-12-32/h1-2,9-10,16-18,23H,3-8,11-15,28H2/t17?,18-/m1/s1. The van der Waals surface area contributed by atoms with Crippen molar-refractivity contribution < 1.29 is 13.5 Å². The van der Waals surface area contributed by atoms with E-state index >= 15 is 0 Å². The molecule has 3 heterocycles. The summed E-state index contributed by atoms with van der Waals surface area (Å²) in [6, 6.07) is 9.34. The van der Waals surface area contributed by atoms with Crippen LogP contribution in [0.3, 0.4) is 0 Å². The number of ether oxygens (including phenoxy) is 1. The number of anilines is 1. The van der Waals surface area contributed by atoms with Crippen LogP contribution >= 0.6 is 0 Å². The van der Waals surface area contributed by atoms with Gasteiger partial charge < -0.3 is 15.4 Å². The van der Waals surface area contributed by atoms with Crippen LogP contribution in [0.5, 0.6) is 0 Å². The Hall–Kier alpha value is -2.65. The Bertz CT molecular complexity index is 1110. The second kappa shape index (κ2) is 10.3. The van der Waals surface area contributed by atoms with Gasteiger partial charge in [0, 0.05) is 30.9 Å². The molecule has 0 spiro atoms. The summed E-state index contributed by atoms with van der Waals surface area (Å²) < 4.78 is 34.9. The molecule has 0 amide bonds. The monoisotopic (exact) mass is 470 g/mol. The highest BCUT2D eigenvalue weighted by Gasteiger charge is 2.24. The molecular formula is C25H32F2N6O. The van der Waals surface area contributed by atoms with Gasteiger partial charge in [0.2, 0.25) is 5.95 Å². The molecule has 0 bridgehead atoms. The zero-order valence-electron chi connectivity index (χ0n) is 19.4. The van der Waals surface area contributed by atoms with Gasteiger partial charge >= 0.3 is 0 Å². The molecular weight excluding hydrogens is 438 g/mol. The van der Waals surface area contributed by atoms with Crippen LogP contribution in [0.25, 0.3) is 16.9 Å². The van der Waals surface area contributed by atoms with E-state index in [2.05, 4.69) is 9.88 Å². The van der Waals surface area contributed by atoms with Crippen LogP contribution in [-0.2, 0) is 11.2 Å². The minimum absolute atomic E-state index is 0.296. The number of imidazole rings is 1. The molecule has 1 aromatic carbocycles. The number of aryl methyl sites for hydroxylation is 1. The number of nitrogens with two attached hydrogens (primary N) is 1. The summed E-state index contributed by atoms with van der Waals surface area (Å²) in [6.07, 6.45) is 4.81. The topological polar surface area (TPSA) is 82.1 Å². The van der Waals surface area contributed by atoms with Crippen molar-refractivity contribution >= 4 is 17.0 Å². The highest BCUT2D eigenvalue weighted by atomic mass is 19.3. The highest BCUT2D eigenvalue weighted by Crippen LogP contribution is 2.30. The normalized spacial score (nSPS) is 21.5. The lowest BCUT2D eigenvalue weighted by Crippen LogP contribution is -2.37. The van der Waals surface area contributed by atoms with Gasteiger partial charge in [-0.05, 0) is 43.7 Å². The van der Waals surface area contributed by atoms with Gasteiger partial charge in [-0.15, -0.1) is 0 Å². The third-order valence-electron chi connectivity index (χ3n) is 6.93. The van der Waals surface area contributed by atoms with Crippen molar-refractivity contribution in [1.82, 2.24) is 19.5 Å². The fourth-order valence-corrected chi connectivity index (χ4v) is 5.22. The summed E-state index contributed by atoms with van der Waals surface area (Å²) in [4.78, 5) is 15.8. The molecule has 2 N–H and O–H groups in total. The first-order chi connectivity index (χ1) is 16.6. The number of nitrogens with zero attached hydrogens (tertiary/aromatic N) is 5. The third-order valence-corrected chi connectivity index (χ3v) is 6.93. The van der Waals surface area contributed by atoms with Crippen molar-refractivity contribution in [1.29, 1.82) is 0 Å². The van der Waals surface area contributed by atoms with Crippen molar-refractivity contribution in [3.05, 3.63) is 41.9 Å². The second-order valence-corrected chi connectivity index (χ2v) is 9.40. The Balaban J connectivity index is 1.47. The van der Waals surface area contributed by atoms with Crippen LogP contribution in [0.1, 0.15) is 56.5 Å². The van der Waals surface area contributed by atoms with E-state index in [4.69, 9.17) is 20.4 Å². The minimum Gasteiger partial charge on any atom is -0.378 e. The van der Waals surface area contributed by atoms with Gasteiger partial charge in [0.05, 0.1) is 24.2 Å². The molecule has 1 saturated carbocycles. The predicted molar refractivity (Wildman–Crippen MR) is 128 cm³/mol. The molecule has 2 atom stereocenters. The van der Waals surface area contributed by atoms with E-state index in [0.29, 0.717) is 61.1 Å². The Labute approximate surface area is 198 Å². The number of aromatic nitrogens is 4. The minimum atomic E-state index is -2.71. The van der Waals surface area contributed by atoms with Gasteiger partial charge in [0.1, 0.15) is 5.82 Å². The van der Waals surface area contributed by atoms with Crippen LogP contribution in [0.2, 0.25) is 0 Å². The lowest BCUT2D eigenvalue weighted by molar-refractivity contribution is 0.122. The summed E-state index contributed by atoms with van der Waals surface area (Å²) in [5.41, 5.74) is 8.17. The number of benzene rings is 1. The molecule has 7 nitrogen and oxygen atoms in total. The molecule has 9 heteroatoms. The number of fused-ring (bicyclic) bond motifs is 1. The Morgan fingerprint density at radius 2 is 1.91 bits per heavy atom. The first kappa shape index (κ1) is 23.1. The SMILES string of the molecule is N[C@@H]1CCCC(CCCc2cc(-n3c(C(F)F)nc4ccccc43)nc(N3CCOCC3)n2)C1. The predicted octanol–water partition coefficient (Wildman–Crippen LogP) is 4.43. The van der Waals surface area contributed by atoms with E-state index in [1.807, 2.05) is 12.1 Å². The fraction of sp³-hybridized carbons (Fsp3) is 0.560. The van der Waals surface area contributed by atoms with E-state index in [1.54, 1.807) is 18.2 Å². The molecule has 2 fully saturated rings. The lowest BCUT2D eigenvalue weighted by atomic mass is 9.83. The summed E-state index contributed by atoms with van der Waals surface area (Å²) in [5, 5.41) is 0. The number of hydrogen-bond donors (Lipinski definition) is 1. The highest BCUT2D eigenvalue weighted by molar-refractivity contribution is 5.78. The number of halogens is 2. The quantitative estimate of drug-likeness (QED) is 0.550. The van der Waals surface area contributed by atoms with E-state index in [1.165, 1.54) is 17.4 Å². The zero-order valence-corrected chi connectivity index (χ0v) is 19.4. The largest absolute Gasteiger partial charge is 0.378 e. The number of morpholine rings is 1. The summed E-state index contributed by atoms with van der Waals surface area (Å²) in [7, 11) is 0. The maximum Gasteiger partial charge on any atom is 0.296 e. The molecule has 5 rings (SSSR count). The van der Waals surface area contributed by atoms with E-state index in [0.717, 1.165) is 37.8 Å². The van der Waals surface area contributed by atoms with Crippen molar-refractivity contribution in [2.24, 2.45) is 11.7 Å². The maximum atomic E-state index is 14.0. The molecule has 3 aromatic rings. The second-order valence-electron chi connectivity index (χ2n) is 9.40. The molecule has 0 radical (unpaired) electrons. The van der Waals surface area contributed by atoms with Crippen LogP contribution in [0.4, 0.5) is 14.7 Å². The van der Waals surface area contributed by atoms with Crippen molar-refractivity contribution in [3.63, 3.8) is 0 Å². The smallest absolute Gasteiger partial charge is 0.296 e. The van der Waals surface area contributed by atoms with Crippen LogP contribution in [0, 0.1) is 5.92 Å². The lowest BCUT2D eigenvalue weighted by Gasteiger charge is -2.28. The van der Waals surface area contributed by atoms with Gasteiger partial charge in [0.15, 0.2) is 5.82 Å². The number of alkyl halides is 2. The van der Waals surface area contributed by atoms with E-state index in [-0.39, 0.29) is 5.82 Å². The maximum absolute atomic E-state index is 14.0. The van der Waals surface area contributed by atoms with E-state index in [9.17, 15) is 8.78 Å². The first-order valence-electron chi connectivity index (χ1n) is 12.3. The number of rotatable bonds is 7. The van der Waals surface area contributed by atoms with Crippen molar-refractivity contribution in [2.75, 3.05) is 31.2 Å². The van der Waals surface area contributed by atoms with E-state index < -0.39 is 6.43 Å². The summed E-state index contributed by atoms with van der Waals surface area (Å²) in [5.74, 6) is 1.37. The Kier molecular flexibility index (Phi) is 7.01. The zero-order chi connectivity index (χ0) is 23.5. The third kappa shape index (κ3) is 5.05. The van der Waals surface area contributed by atoms with Gasteiger partial charge in [-0.1, -0.05) is 31.4 Å². The molecule has 182 valence electrons. The fourth-order valence-electron chi connectivity index (χ4n) is 5.22. The number of hydrogen-bond acceptors (Lipinski definition) is 6. The average Bonchev–Trinajstić information content (AvgIpc) is 3.25. The Morgan fingerprint density at radius 1 is 1.09 bits per heavy atom. The molecule has 1 unspecified atom stereocenters. The van der Waals surface area contributed by atoms with Crippen molar-refractivity contribution in [2.45, 2.75) is 57.4 Å². The molecule has 2 aromatic heterocycles. The Morgan fingerprint density at radius 3 is 2.71 bits per heavy atom. The average molecular weight is 471 g/mol. The van der Waals surface area contributed by atoms with Gasteiger partial charge in [-0.2, -0.15) is 4.98 Å². The van der Waals surface area contributed by atoms with Gasteiger partial charge in [-0.3, -0.25) is 4.57 Å². The van der Waals surface area contributed by atoms with Crippen molar-refractivity contribution in [3.8, 4) is 5.82 Å². The molecule has 34 heavy (non-hydrogen) atoms. The molecule has 2 aliphatic rings. The molecule has 1 aliphatic carbocycles. The summed E-state index contributed by atoms with van der Waals surface area (Å²) >= 11 is 0. The van der Waals surface area contributed by atoms with Crippen LogP contribution < -0.4 is 10.6 Å². The number of para-hydroxylation sites is 2. The first-order valence-corrected chi connectivity index (χ1v) is 12.3.